The number of carboxylic acid groups (broad SMARTS) is 1. The number of rotatable bonds is 6. The second-order valence-corrected chi connectivity index (χ2v) is 6.73. The van der Waals surface area contributed by atoms with E-state index in [0.29, 0.717) is 19.4 Å². The molecule has 0 aromatic heterocycles. The maximum atomic E-state index is 13.2. The summed E-state index contributed by atoms with van der Waals surface area (Å²) in [4.78, 5) is 10.9. The second-order valence-electron chi connectivity index (χ2n) is 6.73. The van der Waals surface area contributed by atoms with E-state index in [-0.39, 0.29) is 17.7 Å². The van der Waals surface area contributed by atoms with Crippen LogP contribution in [0.15, 0.2) is 18.2 Å². The van der Waals surface area contributed by atoms with Crippen LogP contribution in [0.5, 0.6) is 5.75 Å². The summed E-state index contributed by atoms with van der Waals surface area (Å²) in [6.45, 7) is 4.19. The van der Waals surface area contributed by atoms with Crippen molar-refractivity contribution in [2.24, 2.45) is 5.92 Å². The summed E-state index contributed by atoms with van der Waals surface area (Å²) in [5.74, 6) is -2.15. The van der Waals surface area contributed by atoms with Crippen LogP contribution in [0.25, 0.3) is 0 Å². The Bertz CT molecular complexity index is 535. The van der Waals surface area contributed by atoms with Gasteiger partial charge < -0.3 is 15.2 Å². The number of hydrogen-bond acceptors (Lipinski definition) is 3. The van der Waals surface area contributed by atoms with Gasteiger partial charge in [0, 0.05) is 30.8 Å². The molecule has 0 bridgehead atoms. The fourth-order valence-electron chi connectivity index (χ4n) is 2.88. The molecule has 1 aromatic rings. The van der Waals surface area contributed by atoms with Crippen molar-refractivity contribution in [2.45, 2.75) is 51.2 Å². The maximum Gasteiger partial charge on any atom is 0.306 e. The van der Waals surface area contributed by atoms with Crippen LogP contribution in [0.2, 0.25) is 0 Å². The van der Waals surface area contributed by atoms with Crippen LogP contribution in [-0.2, 0) is 4.79 Å². The first-order valence-corrected chi connectivity index (χ1v) is 7.86. The minimum Gasteiger partial charge on any atom is -0.486 e. The number of carbonyl (C=O) groups is 1. The SMILES string of the molecule is CC(C)(CNC1CCC(C(=O)O)CC1)Oc1cc(F)cc(F)c1. The molecule has 1 aliphatic carbocycles. The van der Waals surface area contributed by atoms with Gasteiger partial charge in [-0.1, -0.05) is 0 Å². The molecule has 0 unspecified atom stereocenters. The lowest BCUT2D eigenvalue weighted by atomic mass is 9.86. The molecule has 128 valence electrons. The number of halogens is 2. The Morgan fingerprint density at radius 3 is 2.30 bits per heavy atom. The Morgan fingerprint density at radius 2 is 1.78 bits per heavy atom. The third-order valence-corrected chi connectivity index (χ3v) is 4.12. The molecule has 1 aromatic carbocycles. The molecule has 0 heterocycles. The molecule has 6 heteroatoms. The van der Waals surface area contributed by atoms with E-state index >= 15 is 0 Å². The van der Waals surface area contributed by atoms with Gasteiger partial charge in [-0.15, -0.1) is 0 Å². The lowest BCUT2D eigenvalue weighted by molar-refractivity contribution is -0.142. The Hall–Kier alpha value is -1.69. The third kappa shape index (κ3) is 5.46. The van der Waals surface area contributed by atoms with Gasteiger partial charge in [0.25, 0.3) is 0 Å². The van der Waals surface area contributed by atoms with Crippen LogP contribution >= 0.6 is 0 Å². The highest BCUT2D eigenvalue weighted by Gasteiger charge is 2.28. The Labute approximate surface area is 134 Å². The van der Waals surface area contributed by atoms with Crippen LogP contribution < -0.4 is 10.1 Å². The fourth-order valence-corrected chi connectivity index (χ4v) is 2.88. The largest absolute Gasteiger partial charge is 0.486 e. The van der Waals surface area contributed by atoms with Gasteiger partial charge in [0.15, 0.2) is 0 Å². The van der Waals surface area contributed by atoms with Crippen LogP contribution in [0.1, 0.15) is 39.5 Å². The quantitative estimate of drug-likeness (QED) is 0.841. The predicted molar refractivity (Wildman–Crippen MR) is 82.4 cm³/mol. The summed E-state index contributed by atoms with van der Waals surface area (Å²) >= 11 is 0. The minimum absolute atomic E-state index is 0.156. The van der Waals surface area contributed by atoms with E-state index in [9.17, 15) is 13.6 Å². The van der Waals surface area contributed by atoms with Gasteiger partial charge >= 0.3 is 5.97 Å². The first-order chi connectivity index (χ1) is 10.7. The summed E-state index contributed by atoms with van der Waals surface area (Å²) < 4.78 is 32.1. The van der Waals surface area contributed by atoms with Crippen molar-refractivity contribution in [1.82, 2.24) is 5.32 Å². The summed E-state index contributed by atoms with van der Waals surface area (Å²) in [6.07, 6.45) is 2.95. The van der Waals surface area contributed by atoms with Gasteiger partial charge in [-0.25, -0.2) is 8.78 Å². The van der Waals surface area contributed by atoms with E-state index in [4.69, 9.17) is 9.84 Å². The van der Waals surface area contributed by atoms with Crippen molar-refractivity contribution in [3.8, 4) is 5.75 Å². The fraction of sp³-hybridized carbons (Fsp3) is 0.588. The van der Waals surface area contributed by atoms with Gasteiger partial charge in [-0.2, -0.15) is 0 Å². The molecular formula is C17H23F2NO3. The third-order valence-electron chi connectivity index (χ3n) is 4.12. The molecule has 2 N–H and O–H groups in total. The molecule has 0 radical (unpaired) electrons. The molecule has 0 atom stereocenters. The van der Waals surface area contributed by atoms with Crippen LogP contribution in [-0.4, -0.2) is 29.3 Å². The standard InChI is InChI=1S/C17H23F2NO3/c1-17(2,23-15-8-12(18)7-13(19)9-15)10-20-14-5-3-11(4-6-14)16(21)22/h7-9,11,14,20H,3-6,10H2,1-2H3,(H,21,22). The van der Waals surface area contributed by atoms with E-state index in [1.165, 1.54) is 0 Å². The highest BCUT2D eigenvalue weighted by Crippen LogP contribution is 2.25. The zero-order valence-corrected chi connectivity index (χ0v) is 13.4. The molecular weight excluding hydrogens is 304 g/mol. The van der Waals surface area contributed by atoms with Crippen molar-refractivity contribution >= 4 is 5.97 Å². The van der Waals surface area contributed by atoms with Gasteiger partial charge in [-0.3, -0.25) is 4.79 Å². The molecule has 0 saturated heterocycles. The topological polar surface area (TPSA) is 58.6 Å². The molecule has 2 rings (SSSR count). The molecule has 0 spiro atoms. The normalized spacial score (nSPS) is 21.9. The number of nitrogens with one attached hydrogen (secondary N) is 1. The number of benzene rings is 1. The number of hydrogen-bond donors (Lipinski definition) is 2. The van der Waals surface area contributed by atoms with Crippen molar-refractivity contribution < 1.29 is 23.4 Å². The highest BCUT2D eigenvalue weighted by atomic mass is 19.1. The summed E-state index contributed by atoms with van der Waals surface area (Å²) in [5.41, 5.74) is -0.635. The van der Waals surface area contributed by atoms with Gasteiger partial charge in [-0.05, 0) is 39.5 Å². The van der Waals surface area contributed by atoms with Gasteiger partial charge in [0.05, 0.1) is 5.92 Å². The smallest absolute Gasteiger partial charge is 0.306 e. The van der Waals surface area contributed by atoms with Gasteiger partial charge in [0.2, 0.25) is 0 Å². The first-order valence-electron chi connectivity index (χ1n) is 7.86. The van der Waals surface area contributed by atoms with E-state index in [0.717, 1.165) is 31.0 Å². The molecule has 1 fully saturated rings. The van der Waals surface area contributed by atoms with Crippen LogP contribution in [0, 0.1) is 17.6 Å². The summed E-state index contributed by atoms with van der Waals surface area (Å²) in [7, 11) is 0. The van der Waals surface area contributed by atoms with Gasteiger partial charge in [0.1, 0.15) is 23.0 Å². The van der Waals surface area contributed by atoms with E-state index in [1.54, 1.807) is 0 Å². The lowest BCUT2D eigenvalue weighted by Gasteiger charge is -2.32. The minimum atomic E-state index is -0.722. The number of carboxylic acids is 1. The van der Waals surface area contributed by atoms with Crippen LogP contribution in [0.4, 0.5) is 8.78 Å². The van der Waals surface area contributed by atoms with Crippen molar-refractivity contribution in [2.75, 3.05) is 6.54 Å². The maximum absolute atomic E-state index is 13.2. The molecule has 4 nitrogen and oxygen atoms in total. The molecule has 1 saturated carbocycles. The van der Waals surface area contributed by atoms with Crippen LogP contribution in [0.3, 0.4) is 0 Å². The van der Waals surface area contributed by atoms with Crippen molar-refractivity contribution in [1.29, 1.82) is 0 Å². The molecule has 1 aliphatic rings. The second kappa shape index (κ2) is 7.25. The zero-order valence-electron chi connectivity index (χ0n) is 13.4. The Morgan fingerprint density at radius 1 is 1.22 bits per heavy atom. The first kappa shape index (κ1) is 17.7. The number of ether oxygens (including phenoxy) is 1. The van der Waals surface area contributed by atoms with E-state index < -0.39 is 23.2 Å². The zero-order chi connectivity index (χ0) is 17.0. The Balaban J connectivity index is 1.83. The molecule has 0 aliphatic heterocycles. The summed E-state index contributed by atoms with van der Waals surface area (Å²) in [5, 5.41) is 12.4. The monoisotopic (exact) mass is 327 g/mol. The average Bonchev–Trinajstić information content (AvgIpc) is 2.44. The van der Waals surface area contributed by atoms with Crippen molar-refractivity contribution in [3.63, 3.8) is 0 Å². The Kier molecular flexibility index (Phi) is 5.57. The average molecular weight is 327 g/mol. The van der Waals surface area contributed by atoms with Crippen molar-refractivity contribution in [3.05, 3.63) is 29.8 Å². The number of aliphatic carboxylic acids is 1. The van der Waals surface area contributed by atoms with E-state index in [2.05, 4.69) is 5.32 Å². The molecule has 23 heavy (non-hydrogen) atoms. The highest BCUT2D eigenvalue weighted by molar-refractivity contribution is 5.70. The summed E-state index contributed by atoms with van der Waals surface area (Å²) in [6, 6.07) is 3.36. The lowest BCUT2D eigenvalue weighted by Crippen LogP contribution is -2.45. The predicted octanol–water partition coefficient (Wildman–Crippen LogP) is 3.36. The molecule has 0 amide bonds. The van der Waals surface area contributed by atoms with E-state index in [1.807, 2.05) is 13.8 Å².